The zero-order chi connectivity index (χ0) is 13.8. The molecule has 0 aliphatic rings. The lowest BCUT2D eigenvalue weighted by molar-refractivity contribution is 0.132. The van der Waals surface area contributed by atoms with Crippen molar-refractivity contribution in [3.05, 3.63) is 11.9 Å². The average Bonchev–Trinajstić information content (AvgIpc) is 2.25. The molecule has 1 aromatic heterocycles. The molecule has 0 aliphatic heterocycles. The predicted octanol–water partition coefficient (Wildman–Crippen LogP) is 2.04. The summed E-state index contributed by atoms with van der Waals surface area (Å²) in [5, 5.41) is 16.1. The van der Waals surface area contributed by atoms with Gasteiger partial charge in [-0.2, -0.15) is 0 Å². The molecule has 0 fully saturated rings. The molecule has 1 atom stereocenters. The molecule has 1 aromatic rings. The fourth-order valence-corrected chi connectivity index (χ4v) is 1.87. The van der Waals surface area contributed by atoms with Crippen LogP contribution >= 0.6 is 0 Å². The molecule has 18 heavy (non-hydrogen) atoms. The number of hydrogen-bond acceptors (Lipinski definition) is 5. The lowest BCUT2D eigenvalue weighted by Gasteiger charge is -2.23. The molecule has 5 heteroatoms. The Labute approximate surface area is 109 Å². The Morgan fingerprint density at radius 1 is 1.28 bits per heavy atom. The molecule has 102 valence electrons. The maximum atomic E-state index is 9.94. The molecule has 0 aromatic carbocycles. The predicted molar refractivity (Wildman–Crippen MR) is 74.9 cm³/mol. The van der Waals surface area contributed by atoms with E-state index < -0.39 is 0 Å². The summed E-state index contributed by atoms with van der Waals surface area (Å²) in [6.07, 6.45) is 1.89. The number of aromatic nitrogens is 2. The molecule has 1 rings (SSSR count). The van der Waals surface area contributed by atoms with Crippen molar-refractivity contribution in [1.82, 2.24) is 9.97 Å². The molecule has 1 unspecified atom stereocenters. The number of nitrogens with one attached hydrogen (secondary N) is 2. The van der Waals surface area contributed by atoms with Crippen LogP contribution in [-0.4, -0.2) is 34.8 Å². The van der Waals surface area contributed by atoms with E-state index in [2.05, 4.69) is 41.4 Å². The van der Waals surface area contributed by atoms with Crippen LogP contribution in [0.5, 0.6) is 0 Å². The Morgan fingerprint density at radius 3 is 2.44 bits per heavy atom. The highest BCUT2D eigenvalue weighted by Crippen LogP contribution is 2.22. The van der Waals surface area contributed by atoms with E-state index in [1.165, 1.54) is 6.33 Å². The van der Waals surface area contributed by atoms with Gasteiger partial charge in [-0.15, -0.1) is 0 Å². The van der Waals surface area contributed by atoms with Crippen molar-refractivity contribution in [2.24, 2.45) is 5.41 Å². The van der Waals surface area contributed by atoms with Gasteiger partial charge in [0, 0.05) is 19.2 Å². The summed E-state index contributed by atoms with van der Waals surface area (Å²) in [4.78, 5) is 8.30. The first kappa shape index (κ1) is 14.7. The fourth-order valence-electron chi connectivity index (χ4n) is 1.87. The van der Waals surface area contributed by atoms with Gasteiger partial charge in [-0.05, 0) is 18.8 Å². The van der Waals surface area contributed by atoms with Crippen LogP contribution in [0.4, 0.5) is 11.6 Å². The lowest BCUT2D eigenvalue weighted by atomic mass is 9.89. The zero-order valence-corrected chi connectivity index (χ0v) is 11.9. The summed E-state index contributed by atoms with van der Waals surface area (Å²) in [7, 11) is 1.83. The van der Waals surface area contributed by atoms with Gasteiger partial charge < -0.3 is 15.7 Å². The Hall–Kier alpha value is -1.36. The van der Waals surface area contributed by atoms with Gasteiger partial charge in [0.05, 0.1) is 6.10 Å². The van der Waals surface area contributed by atoms with Gasteiger partial charge in [0.15, 0.2) is 0 Å². The summed E-state index contributed by atoms with van der Waals surface area (Å²) < 4.78 is 0. The van der Waals surface area contributed by atoms with E-state index >= 15 is 0 Å². The van der Waals surface area contributed by atoms with Crippen molar-refractivity contribution < 1.29 is 5.11 Å². The van der Waals surface area contributed by atoms with Crippen LogP contribution in [0.25, 0.3) is 0 Å². The first-order valence-corrected chi connectivity index (χ1v) is 6.25. The fraction of sp³-hybridized carbons (Fsp3) is 0.692. The van der Waals surface area contributed by atoms with Gasteiger partial charge >= 0.3 is 0 Å². The minimum atomic E-state index is -0.377. The summed E-state index contributed by atoms with van der Waals surface area (Å²) in [6.45, 7) is 8.80. The maximum absolute atomic E-state index is 9.94. The standard InChI is InChI=1S/C13H24N4O/c1-9-11(14-5)16-8-17-12(9)15-7-10(18)6-13(2,3)4/h8,10,18H,6-7H2,1-5H3,(H2,14,15,16,17). The van der Waals surface area contributed by atoms with Gasteiger partial charge in [0.25, 0.3) is 0 Å². The van der Waals surface area contributed by atoms with Gasteiger partial charge in [-0.25, -0.2) is 9.97 Å². The van der Waals surface area contributed by atoms with E-state index in [1.54, 1.807) is 0 Å². The van der Waals surface area contributed by atoms with E-state index in [1.807, 2.05) is 14.0 Å². The maximum Gasteiger partial charge on any atom is 0.134 e. The highest BCUT2D eigenvalue weighted by Gasteiger charge is 2.17. The molecular formula is C13H24N4O. The molecular weight excluding hydrogens is 228 g/mol. The smallest absolute Gasteiger partial charge is 0.134 e. The van der Waals surface area contributed by atoms with Gasteiger partial charge in [-0.1, -0.05) is 20.8 Å². The quantitative estimate of drug-likeness (QED) is 0.748. The minimum absolute atomic E-state index is 0.123. The second-order valence-corrected chi connectivity index (χ2v) is 5.75. The van der Waals surface area contributed by atoms with Crippen LogP contribution in [0, 0.1) is 12.3 Å². The number of nitrogens with zero attached hydrogens (tertiary/aromatic N) is 2. The van der Waals surface area contributed by atoms with Gasteiger partial charge in [0.1, 0.15) is 18.0 Å². The average molecular weight is 252 g/mol. The molecule has 0 amide bonds. The van der Waals surface area contributed by atoms with Crippen molar-refractivity contribution in [2.45, 2.75) is 40.2 Å². The van der Waals surface area contributed by atoms with E-state index in [-0.39, 0.29) is 11.5 Å². The normalized spacial score (nSPS) is 13.2. The van der Waals surface area contributed by atoms with E-state index in [0.717, 1.165) is 23.6 Å². The van der Waals surface area contributed by atoms with Crippen LogP contribution in [0.2, 0.25) is 0 Å². The van der Waals surface area contributed by atoms with Crippen molar-refractivity contribution in [3.63, 3.8) is 0 Å². The summed E-state index contributed by atoms with van der Waals surface area (Å²) in [5.74, 6) is 1.57. The highest BCUT2D eigenvalue weighted by molar-refractivity contribution is 5.56. The summed E-state index contributed by atoms with van der Waals surface area (Å²) in [5.41, 5.74) is 1.08. The number of aliphatic hydroxyl groups excluding tert-OH is 1. The highest BCUT2D eigenvalue weighted by atomic mass is 16.3. The molecule has 0 radical (unpaired) electrons. The third-order valence-electron chi connectivity index (χ3n) is 2.67. The molecule has 0 aliphatic carbocycles. The molecule has 0 saturated heterocycles. The first-order valence-electron chi connectivity index (χ1n) is 6.25. The van der Waals surface area contributed by atoms with Crippen LogP contribution < -0.4 is 10.6 Å². The van der Waals surface area contributed by atoms with Crippen molar-refractivity contribution >= 4 is 11.6 Å². The van der Waals surface area contributed by atoms with E-state index in [4.69, 9.17) is 0 Å². The first-order chi connectivity index (χ1) is 8.33. The zero-order valence-electron chi connectivity index (χ0n) is 11.9. The molecule has 1 heterocycles. The Balaban J connectivity index is 2.58. The van der Waals surface area contributed by atoms with Crippen LogP contribution in [0.3, 0.4) is 0 Å². The molecule has 0 spiro atoms. The Kier molecular flexibility index (Phi) is 4.90. The topological polar surface area (TPSA) is 70.1 Å². The second kappa shape index (κ2) is 6.00. The SMILES string of the molecule is CNc1ncnc(NCC(O)CC(C)(C)C)c1C. The van der Waals surface area contributed by atoms with Crippen molar-refractivity contribution in [3.8, 4) is 0 Å². The largest absolute Gasteiger partial charge is 0.391 e. The lowest BCUT2D eigenvalue weighted by Crippen LogP contribution is -2.25. The second-order valence-electron chi connectivity index (χ2n) is 5.75. The van der Waals surface area contributed by atoms with Crippen LogP contribution in [0.15, 0.2) is 6.33 Å². The number of rotatable bonds is 5. The molecule has 3 N–H and O–H groups in total. The van der Waals surface area contributed by atoms with E-state index in [9.17, 15) is 5.11 Å². The monoisotopic (exact) mass is 252 g/mol. The Morgan fingerprint density at radius 2 is 1.89 bits per heavy atom. The summed E-state index contributed by atoms with van der Waals surface area (Å²) in [6, 6.07) is 0. The number of aliphatic hydroxyl groups is 1. The number of anilines is 2. The minimum Gasteiger partial charge on any atom is -0.391 e. The number of hydrogen-bond donors (Lipinski definition) is 3. The van der Waals surface area contributed by atoms with E-state index in [0.29, 0.717) is 6.54 Å². The molecule has 5 nitrogen and oxygen atoms in total. The third-order valence-corrected chi connectivity index (χ3v) is 2.67. The van der Waals surface area contributed by atoms with Crippen molar-refractivity contribution in [1.29, 1.82) is 0 Å². The third kappa shape index (κ3) is 4.49. The molecule has 0 bridgehead atoms. The van der Waals surface area contributed by atoms with Crippen molar-refractivity contribution in [2.75, 3.05) is 24.2 Å². The van der Waals surface area contributed by atoms with Gasteiger partial charge in [0.2, 0.25) is 0 Å². The van der Waals surface area contributed by atoms with Crippen LogP contribution in [-0.2, 0) is 0 Å². The Bertz CT molecular complexity index is 387. The van der Waals surface area contributed by atoms with Crippen LogP contribution in [0.1, 0.15) is 32.8 Å². The molecule has 0 saturated carbocycles. The van der Waals surface area contributed by atoms with Gasteiger partial charge in [-0.3, -0.25) is 0 Å². The summed E-state index contributed by atoms with van der Waals surface area (Å²) >= 11 is 0.